The highest BCUT2D eigenvalue weighted by molar-refractivity contribution is 5.88. The van der Waals surface area contributed by atoms with Crippen LogP contribution in [-0.2, 0) is 19.4 Å². The van der Waals surface area contributed by atoms with Gasteiger partial charge in [0.2, 0.25) is 0 Å². The van der Waals surface area contributed by atoms with Crippen LogP contribution in [0.1, 0.15) is 38.3 Å². The Balaban J connectivity index is 1.28. The molecule has 0 saturated heterocycles. The summed E-state index contributed by atoms with van der Waals surface area (Å²) < 4.78 is 7.76. The van der Waals surface area contributed by atoms with Gasteiger partial charge in [-0.05, 0) is 67.6 Å². The molecule has 2 aromatic heterocycles. The molecule has 0 unspecified atom stereocenters. The number of nitrogens with zero attached hydrogens (tertiary/aromatic N) is 3. The van der Waals surface area contributed by atoms with Crippen molar-refractivity contribution < 1.29 is 14.6 Å². The fourth-order valence-electron chi connectivity index (χ4n) is 4.35. The Morgan fingerprint density at radius 1 is 0.816 bits per heavy atom. The molecule has 190 valence electrons. The second kappa shape index (κ2) is 11.1. The Morgan fingerprint density at radius 3 is 2.16 bits per heavy atom. The molecule has 5 rings (SSSR count). The van der Waals surface area contributed by atoms with Crippen LogP contribution in [0, 0.1) is 13.8 Å². The molecule has 6 heteroatoms. The summed E-state index contributed by atoms with van der Waals surface area (Å²) in [5, 5.41) is 13.6. The third-order valence-corrected chi connectivity index (χ3v) is 6.59. The summed E-state index contributed by atoms with van der Waals surface area (Å²) in [6, 6.07) is 30.7. The lowest BCUT2D eigenvalue weighted by Gasteiger charge is -2.13. The van der Waals surface area contributed by atoms with E-state index in [0.717, 1.165) is 35.4 Å². The van der Waals surface area contributed by atoms with Crippen molar-refractivity contribution in [2.75, 3.05) is 0 Å². The maximum Gasteiger partial charge on any atom is 0.339 e. The van der Waals surface area contributed by atoms with E-state index in [2.05, 4.69) is 60.6 Å². The zero-order valence-electron chi connectivity index (χ0n) is 21.5. The number of ether oxygens (including phenoxy) is 1. The van der Waals surface area contributed by atoms with Gasteiger partial charge in [0.25, 0.3) is 0 Å². The van der Waals surface area contributed by atoms with Crippen molar-refractivity contribution in [3.63, 3.8) is 0 Å². The van der Waals surface area contributed by atoms with Crippen LogP contribution in [0.2, 0.25) is 0 Å². The van der Waals surface area contributed by atoms with Crippen LogP contribution in [0.5, 0.6) is 5.75 Å². The van der Waals surface area contributed by atoms with Gasteiger partial charge in [-0.15, -0.1) is 0 Å². The lowest BCUT2D eigenvalue weighted by molar-refractivity contribution is 0.0696. The zero-order valence-corrected chi connectivity index (χ0v) is 21.5. The third kappa shape index (κ3) is 5.65. The van der Waals surface area contributed by atoms with Crippen LogP contribution in [-0.4, -0.2) is 25.8 Å². The number of para-hydroxylation sites is 1. The molecule has 5 aromatic rings. The molecule has 0 spiro atoms. The van der Waals surface area contributed by atoms with Gasteiger partial charge in [-0.1, -0.05) is 72.3 Å². The van der Waals surface area contributed by atoms with Gasteiger partial charge in [-0.3, -0.25) is 0 Å². The van der Waals surface area contributed by atoms with Crippen molar-refractivity contribution in [1.29, 1.82) is 0 Å². The monoisotopic (exact) mass is 503 g/mol. The molecule has 0 aliphatic rings. The van der Waals surface area contributed by atoms with Crippen molar-refractivity contribution in [2.24, 2.45) is 0 Å². The summed E-state index contributed by atoms with van der Waals surface area (Å²) in [4.78, 5) is 16.2. The molecule has 3 aromatic carbocycles. The first kappa shape index (κ1) is 25.0. The molecule has 38 heavy (non-hydrogen) atoms. The number of pyridine rings is 1. The molecular formula is C32H29N3O3. The van der Waals surface area contributed by atoms with E-state index in [1.807, 2.05) is 36.4 Å². The van der Waals surface area contributed by atoms with Crippen LogP contribution in [0.3, 0.4) is 0 Å². The molecule has 0 atom stereocenters. The maximum absolute atomic E-state index is 11.4. The number of aromatic carboxylic acids is 1. The van der Waals surface area contributed by atoms with E-state index >= 15 is 0 Å². The molecule has 2 heterocycles. The van der Waals surface area contributed by atoms with E-state index in [9.17, 15) is 9.90 Å². The summed E-state index contributed by atoms with van der Waals surface area (Å²) in [7, 11) is 0. The summed E-state index contributed by atoms with van der Waals surface area (Å²) >= 11 is 0. The molecule has 0 radical (unpaired) electrons. The number of aryl methyl sites for hydroxylation is 3. The Morgan fingerprint density at radius 2 is 1.47 bits per heavy atom. The first-order valence-corrected chi connectivity index (χ1v) is 12.6. The second-order valence-electron chi connectivity index (χ2n) is 9.33. The first-order valence-electron chi connectivity index (χ1n) is 12.6. The normalized spacial score (nSPS) is 10.9. The minimum Gasteiger partial charge on any atom is -0.488 e. The van der Waals surface area contributed by atoms with Crippen molar-refractivity contribution >= 4 is 5.97 Å². The second-order valence-corrected chi connectivity index (χ2v) is 9.33. The molecule has 6 nitrogen and oxygen atoms in total. The van der Waals surface area contributed by atoms with Crippen molar-refractivity contribution in [2.45, 2.75) is 33.3 Å². The average molecular weight is 504 g/mol. The average Bonchev–Trinajstić information content (AvgIpc) is 3.34. The predicted molar refractivity (Wildman–Crippen MR) is 148 cm³/mol. The largest absolute Gasteiger partial charge is 0.488 e. The molecule has 1 N–H and O–H groups in total. The molecule has 0 saturated carbocycles. The number of aromatic nitrogens is 3. The highest BCUT2D eigenvalue weighted by atomic mass is 16.5. The summed E-state index contributed by atoms with van der Waals surface area (Å²) in [6.45, 7) is 4.27. The van der Waals surface area contributed by atoms with Crippen LogP contribution in [0.15, 0.2) is 97.2 Å². The van der Waals surface area contributed by atoms with Gasteiger partial charge >= 0.3 is 5.97 Å². The van der Waals surface area contributed by atoms with E-state index in [4.69, 9.17) is 9.72 Å². The van der Waals surface area contributed by atoms with Gasteiger partial charge in [-0.2, -0.15) is 5.10 Å². The first-order chi connectivity index (χ1) is 18.5. The third-order valence-electron chi connectivity index (χ3n) is 6.59. The number of carboxylic acid groups (broad SMARTS) is 1. The number of carbonyl (C=O) groups is 1. The maximum atomic E-state index is 11.4. The molecular weight excluding hydrogens is 474 g/mol. The molecule has 0 bridgehead atoms. The minimum atomic E-state index is -1.01. The molecule has 0 fully saturated rings. The Hall–Kier alpha value is -4.71. The van der Waals surface area contributed by atoms with Crippen LogP contribution < -0.4 is 4.74 Å². The smallest absolute Gasteiger partial charge is 0.339 e. The van der Waals surface area contributed by atoms with Crippen LogP contribution in [0.4, 0.5) is 0 Å². The number of benzene rings is 3. The van der Waals surface area contributed by atoms with Crippen LogP contribution >= 0.6 is 0 Å². The summed E-state index contributed by atoms with van der Waals surface area (Å²) in [6.07, 6.45) is 3.36. The number of carboxylic acids is 1. The SMILES string of the molecule is Cc1ccc(CCc2ccc(COc3ccccc3-c3cccc(-n4ncc(C(=O)O)c4C)n3)cc2)cc1. The summed E-state index contributed by atoms with van der Waals surface area (Å²) in [5.41, 5.74) is 7.28. The highest BCUT2D eigenvalue weighted by Crippen LogP contribution is 2.30. The highest BCUT2D eigenvalue weighted by Gasteiger charge is 2.16. The summed E-state index contributed by atoms with van der Waals surface area (Å²) in [5.74, 6) is 0.260. The van der Waals surface area contributed by atoms with Gasteiger partial charge in [0, 0.05) is 5.56 Å². The number of rotatable bonds is 9. The lowest BCUT2D eigenvalue weighted by Crippen LogP contribution is -2.05. The van der Waals surface area contributed by atoms with Crippen LogP contribution in [0.25, 0.3) is 17.1 Å². The minimum absolute atomic E-state index is 0.155. The van der Waals surface area contributed by atoms with Crippen molar-refractivity contribution in [1.82, 2.24) is 14.8 Å². The quantitative estimate of drug-likeness (QED) is 0.245. The zero-order chi connectivity index (χ0) is 26.5. The van der Waals surface area contributed by atoms with E-state index < -0.39 is 5.97 Å². The molecule has 0 aliphatic carbocycles. The Kier molecular flexibility index (Phi) is 7.31. The molecule has 0 amide bonds. The van der Waals surface area contributed by atoms with Gasteiger partial charge in [0.15, 0.2) is 5.82 Å². The van der Waals surface area contributed by atoms with Gasteiger partial charge in [0.1, 0.15) is 17.9 Å². The van der Waals surface area contributed by atoms with Gasteiger partial charge in [0.05, 0.1) is 17.6 Å². The van der Waals surface area contributed by atoms with E-state index in [1.165, 1.54) is 27.6 Å². The van der Waals surface area contributed by atoms with Gasteiger partial charge < -0.3 is 9.84 Å². The van der Waals surface area contributed by atoms with E-state index in [1.54, 1.807) is 13.0 Å². The number of hydrogen-bond acceptors (Lipinski definition) is 4. The Labute approximate surface area is 222 Å². The van der Waals surface area contributed by atoms with Crippen molar-refractivity contribution in [3.8, 4) is 22.8 Å². The topological polar surface area (TPSA) is 77.2 Å². The lowest BCUT2D eigenvalue weighted by atomic mass is 10.0. The van der Waals surface area contributed by atoms with E-state index in [0.29, 0.717) is 18.1 Å². The van der Waals surface area contributed by atoms with Crippen molar-refractivity contribution in [3.05, 3.63) is 131 Å². The van der Waals surface area contributed by atoms with E-state index in [-0.39, 0.29) is 5.56 Å². The fraction of sp³-hybridized carbons (Fsp3) is 0.156. The predicted octanol–water partition coefficient (Wildman–Crippen LogP) is 6.61. The standard InChI is InChI=1S/C32H29N3O3/c1-22-10-12-24(13-11-22)14-15-25-16-18-26(19-17-25)21-38-30-8-4-3-6-27(30)29-7-5-9-31(34-29)35-23(2)28(20-33-35)32(36)37/h3-13,16-20H,14-15,21H2,1-2H3,(H,36,37). The van der Waals surface area contributed by atoms with Gasteiger partial charge in [-0.25, -0.2) is 14.5 Å². The Bertz CT molecular complexity index is 1550. The number of hydrogen-bond donors (Lipinski definition) is 1. The molecule has 0 aliphatic heterocycles. The fourth-order valence-corrected chi connectivity index (χ4v) is 4.35.